The largest absolute Gasteiger partial charge is 0.494 e. The van der Waals surface area contributed by atoms with E-state index in [-0.39, 0.29) is 63.1 Å². The highest BCUT2D eigenvalue weighted by molar-refractivity contribution is 9.11. The lowest BCUT2D eigenvalue weighted by Crippen LogP contribution is -2.41. The molecule has 3 aliphatic heterocycles. The number of Topliss-reactive ketones (excluding diaryl/α,β-unsaturated/α-hetero) is 1. The summed E-state index contributed by atoms with van der Waals surface area (Å²) >= 11 is 19.8. The van der Waals surface area contributed by atoms with Crippen LogP contribution in [0, 0.1) is 0 Å². The number of hydrogen-bond donors (Lipinski definition) is 2. The molecule has 133 heavy (non-hydrogen) atoms. The molecule has 3 aliphatic rings. The number of carbonyl (C=O) groups is 1. The van der Waals surface area contributed by atoms with Gasteiger partial charge in [-0.05, 0) is 253 Å². The fourth-order valence-corrected chi connectivity index (χ4v) is 15.9. The SMILES string of the molecule is Brc1ccc(-c2cn3ccccc3n2)cc1.Brc1ccc(-c2cn3ccccc3n2)cc1.CC1(C)OB(B2OC(C)(C)C(C)(C)O2)OC1(C)C.CC1(C)OB(c2ccc(-c3cn4ccccc4n3)cc2)OC1(C)C.CCO.Clc1nc(-c2cc3ccccc3c3ccccc23)cc(-c2cc3ccccc3c3ccccc23)n1.F.Nc1ccccn1.O=C(CBr)c1ccc(Br)cc1.[2H]CF. The Morgan fingerprint density at radius 2 is 0.729 bits per heavy atom. The fourth-order valence-electron chi connectivity index (χ4n) is 14.6. The summed E-state index contributed by atoms with van der Waals surface area (Å²) in [6.07, 6.45) is 13.8. The van der Waals surface area contributed by atoms with Gasteiger partial charge in [0.05, 0.1) is 75.9 Å². The minimum absolute atomic E-state index is 0. The Bertz CT molecular complexity index is 6560. The lowest BCUT2D eigenvalue weighted by atomic mass is 9.49. The molecule has 3 saturated heterocycles. The van der Waals surface area contributed by atoms with Crippen molar-refractivity contribution in [2.24, 2.45) is 0 Å². The number of ketones is 1. The van der Waals surface area contributed by atoms with E-state index in [4.69, 9.17) is 51.7 Å². The lowest BCUT2D eigenvalue weighted by molar-refractivity contribution is 0.00578. The van der Waals surface area contributed by atoms with Crippen LogP contribution < -0.4 is 11.2 Å². The van der Waals surface area contributed by atoms with Gasteiger partial charge in [0.2, 0.25) is 5.28 Å². The number of aliphatic hydroxyl groups is 1. The number of aromatic nitrogens is 9. The highest BCUT2D eigenvalue weighted by Crippen LogP contribution is 2.45. The van der Waals surface area contributed by atoms with Crippen LogP contribution in [-0.2, 0) is 27.9 Å². The van der Waals surface area contributed by atoms with Gasteiger partial charge >= 0.3 is 21.1 Å². The zero-order valence-electron chi connectivity index (χ0n) is 77.1. The molecule has 0 aliphatic carbocycles. The smallest absolute Gasteiger partial charge is 0.405 e. The van der Waals surface area contributed by atoms with Gasteiger partial charge in [-0.25, -0.2) is 29.9 Å². The van der Waals surface area contributed by atoms with Crippen LogP contribution in [0.15, 0.2) is 342 Å². The number of nitrogen functional groups attached to an aromatic ring is 1. The number of hydrogen-bond acceptors (Lipinski definition) is 15. The first-order valence-corrected chi connectivity index (χ1v) is 46.8. The standard InChI is InChI=1S/C32H19ClN2.C19H21BN2O2.2C13H9BrN2.C12H24B2O4.C8H6Br2O.C5H6N2.C2H6O.CH3F.FH/c33-32-34-30(28-17-20-9-1-3-11-22(20)24-13-5-7-15-26(24)28)19-31(35-32)29-18-21-10-2-4-12-23(21)25-14-6-8-16-27(25)29;1-18(2)19(3,4)24-20(23-18)15-10-8-14(9-11-15)16-13-22-12-6-5-7-17(22)21-16;2*14-11-6-4-10(5-7-11)12-9-16-8-2-1-3-13(16)15-12;1-9(2)10(3,4)16-13(15-9)14-17-11(5,6)12(7,8)18-14;9-5-8(11)6-1-3-7(10)4-2-6;6-5-3-1-2-4-7-5;1-2-3;1-2;/h1-19H;5-13H,1-4H3;2*1-9H;1-8H3;1-4H,5H2;1-4H,(H2,6,7);3H,2H2,1H3;1H3;1H/i;;;;;;;;1D;. The van der Waals surface area contributed by atoms with Crippen molar-refractivity contribution < 1.29 is 48.3 Å². The summed E-state index contributed by atoms with van der Waals surface area (Å²) in [5.74, 6) is 0.681. The van der Waals surface area contributed by atoms with E-state index >= 15 is 0 Å². The van der Waals surface area contributed by atoms with Crippen LogP contribution in [-0.4, -0.2) is 128 Å². The molecular weight excluding hydrogens is 1950 g/mol. The molecule has 0 saturated carbocycles. The van der Waals surface area contributed by atoms with Gasteiger partial charge in [-0.1, -0.05) is 246 Å². The fraction of sp³-hybridized carbons (Fsp3) is 0.210. The van der Waals surface area contributed by atoms with E-state index < -0.39 is 21.2 Å². The van der Waals surface area contributed by atoms with Gasteiger partial charge in [0, 0.05) is 96.8 Å². The zero-order chi connectivity index (χ0) is 95.0. The Morgan fingerprint density at radius 1 is 0.421 bits per heavy atom. The van der Waals surface area contributed by atoms with E-state index in [1.165, 1.54) is 32.3 Å². The van der Waals surface area contributed by atoms with Crippen molar-refractivity contribution in [3.63, 3.8) is 0 Å². The molecule has 28 heteroatoms. The number of nitrogens with zero attached hydrogens (tertiary/aromatic N) is 9. The number of carbonyl (C=O) groups excluding carboxylic acids is 1. The number of halogens is 7. The summed E-state index contributed by atoms with van der Waals surface area (Å²) < 4.78 is 60.8. The average Bonchev–Trinajstić information content (AvgIpc) is 1.27. The van der Waals surface area contributed by atoms with E-state index in [0.717, 1.165) is 108 Å². The highest BCUT2D eigenvalue weighted by Gasteiger charge is 2.64. The normalized spacial score (nSPS) is 14.9. The monoisotopic (exact) mass is 2060 g/mol. The predicted molar refractivity (Wildman–Crippen MR) is 556 cm³/mol. The van der Waals surface area contributed by atoms with Gasteiger partial charge in [0.15, 0.2) is 5.78 Å². The molecule has 21 rings (SSSR count). The molecule has 10 aromatic carbocycles. The third-order valence-corrected chi connectivity index (χ3v) is 25.9. The van der Waals surface area contributed by atoms with Gasteiger partial charge in [-0.2, -0.15) is 0 Å². The molecule has 0 radical (unpaired) electrons. The Balaban J connectivity index is 0.000000145. The van der Waals surface area contributed by atoms with E-state index in [1.807, 2.05) is 209 Å². The number of fused-ring (bicyclic) bond motifs is 9. The van der Waals surface area contributed by atoms with Crippen LogP contribution in [0.2, 0.25) is 5.28 Å². The molecule has 8 aromatic heterocycles. The van der Waals surface area contributed by atoms with Gasteiger partial charge in [0.1, 0.15) is 22.8 Å². The molecule has 18 nitrogen and oxygen atoms in total. The van der Waals surface area contributed by atoms with Gasteiger partial charge in [-0.15, -0.1) is 0 Å². The van der Waals surface area contributed by atoms with Crippen molar-refractivity contribution in [2.45, 2.75) is 124 Å². The van der Waals surface area contributed by atoms with E-state index in [2.05, 4.69) is 285 Å². The lowest BCUT2D eigenvalue weighted by Gasteiger charge is -2.32. The molecular formula is C105H104B3Br4ClF2N10O8. The predicted octanol–water partition coefficient (Wildman–Crippen LogP) is 26.6. The first kappa shape index (κ1) is 99.5. The van der Waals surface area contributed by atoms with Gasteiger partial charge < -0.3 is 52.0 Å². The number of anilines is 1. The molecule has 0 amide bonds. The Morgan fingerprint density at radius 3 is 1.05 bits per heavy atom. The summed E-state index contributed by atoms with van der Waals surface area (Å²) in [6.45, 7) is 26.4. The van der Waals surface area contributed by atoms with Crippen LogP contribution in [0.5, 0.6) is 0 Å². The number of imidazole rings is 3. The minimum atomic E-state index is -1.00. The number of alkyl halides is 2. The molecule has 11 heterocycles. The van der Waals surface area contributed by atoms with Crippen molar-refractivity contribution in [3.05, 3.63) is 353 Å². The molecule has 0 unspecified atom stereocenters. The minimum Gasteiger partial charge on any atom is -0.405 e. The van der Waals surface area contributed by atoms with Gasteiger partial charge in [0.25, 0.3) is 0 Å². The Hall–Kier alpha value is -11.0. The number of rotatable bonds is 9. The maximum atomic E-state index is 11.1. The maximum absolute atomic E-state index is 11.1. The number of aliphatic hydroxyl groups excluding tert-OH is 1. The second-order valence-corrected chi connectivity index (χ2v) is 37.8. The average molecular weight is 2060 g/mol. The van der Waals surface area contributed by atoms with E-state index in [9.17, 15) is 9.18 Å². The topological polar surface area (TPSA) is 209 Å². The highest BCUT2D eigenvalue weighted by atomic mass is 79.9. The summed E-state index contributed by atoms with van der Waals surface area (Å²) in [4.78, 5) is 38.0. The van der Waals surface area contributed by atoms with Crippen molar-refractivity contribution in [1.29, 1.82) is 0 Å². The quantitative estimate of drug-likeness (QED) is 0.0453. The number of pyridine rings is 4. The van der Waals surface area contributed by atoms with Gasteiger partial charge in [-0.3, -0.25) is 13.9 Å². The summed E-state index contributed by atoms with van der Waals surface area (Å²) in [6, 6.07) is 95.7. The summed E-state index contributed by atoms with van der Waals surface area (Å²) in [7, 11) is -2.28. The number of benzene rings is 10. The molecule has 0 spiro atoms. The van der Waals surface area contributed by atoms with Crippen molar-refractivity contribution in [3.8, 4) is 56.3 Å². The van der Waals surface area contributed by atoms with Crippen LogP contribution in [0.1, 0.15) is 102 Å². The summed E-state index contributed by atoms with van der Waals surface area (Å²) in [5.41, 5.74) is 17.9. The molecule has 680 valence electrons. The molecule has 18 aromatic rings. The van der Waals surface area contributed by atoms with Crippen LogP contribution in [0.25, 0.3) is 116 Å². The molecule has 0 bridgehead atoms. The van der Waals surface area contributed by atoms with E-state index in [1.54, 1.807) is 31.3 Å². The van der Waals surface area contributed by atoms with E-state index in [0.29, 0.717) is 11.1 Å². The first-order valence-electron chi connectivity index (χ1n) is 43.7. The van der Waals surface area contributed by atoms with Crippen molar-refractivity contribution in [1.82, 2.24) is 43.1 Å². The molecule has 3 N–H and O–H groups in total. The maximum Gasteiger partial charge on any atom is 0.494 e. The number of nitrogens with two attached hydrogens (primary N) is 1. The van der Waals surface area contributed by atoms with Crippen molar-refractivity contribution >= 4 is 174 Å². The van der Waals surface area contributed by atoms with Crippen LogP contribution in [0.3, 0.4) is 0 Å². The zero-order valence-corrected chi connectivity index (χ0v) is 83.2. The van der Waals surface area contributed by atoms with Crippen LogP contribution >= 0.6 is 75.3 Å². The van der Waals surface area contributed by atoms with Crippen LogP contribution in [0.4, 0.5) is 14.9 Å². The second-order valence-electron chi connectivity index (χ2n) is 34.2. The third kappa shape index (κ3) is 24.4. The molecule has 0 atom stereocenters. The van der Waals surface area contributed by atoms with Crippen molar-refractivity contribution in [2.75, 3.05) is 24.8 Å². The molecule has 3 fully saturated rings. The summed E-state index contributed by atoms with van der Waals surface area (Å²) in [5, 5.41) is 17.7. The Labute approximate surface area is 816 Å². The third-order valence-electron chi connectivity index (χ3n) is 23.6. The first-order chi connectivity index (χ1) is 63.6. The second kappa shape index (κ2) is 44.4. The Kier molecular flexibility index (Phi) is 33.2.